The van der Waals surface area contributed by atoms with Crippen LogP contribution in [0.3, 0.4) is 0 Å². The molecule has 4 rings (SSSR count). The van der Waals surface area contributed by atoms with Crippen molar-refractivity contribution in [3.63, 3.8) is 0 Å². The third-order valence-corrected chi connectivity index (χ3v) is 7.82. The Morgan fingerprint density at radius 2 is 1.93 bits per heavy atom. The van der Waals surface area contributed by atoms with E-state index in [2.05, 4.69) is 16.3 Å². The van der Waals surface area contributed by atoms with Gasteiger partial charge in [0.2, 0.25) is 0 Å². The third-order valence-electron chi connectivity index (χ3n) is 6.47. The van der Waals surface area contributed by atoms with Crippen LogP contribution in [0.4, 0.5) is 0 Å². The molecule has 1 saturated heterocycles. The molecule has 1 aromatic heterocycles. The summed E-state index contributed by atoms with van der Waals surface area (Å²) < 4.78 is 17.4. The van der Waals surface area contributed by atoms with Crippen LogP contribution >= 0.6 is 22.9 Å². The second-order valence-electron chi connectivity index (χ2n) is 8.88. The van der Waals surface area contributed by atoms with Gasteiger partial charge in [0.25, 0.3) is 0 Å². The van der Waals surface area contributed by atoms with E-state index in [1.54, 1.807) is 11.3 Å². The molecule has 0 spiro atoms. The van der Waals surface area contributed by atoms with E-state index < -0.39 is 24.4 Å². The fourth-order valence-corrected chi connectivity index (χ4v) is 5.15. The van der Waals surface area contributed by atoms with Crippen LogP contribution in [0.15, 0.2) is 29.6 Å². The van der Waals surface area contributed by atoms with Crippen LogP contribution in [-0.4, -0.2) is 42.8 Å². The Labute approximate surface area is 187 Å². The zero-order valence-corrected chi connectivity index (χ0v) is 19.6. The van der Waals surface area contributed by atoms with Crippen molar-refractivity contribution >= 4 is 41.5 Å². The summed E-state index contributed by atoms with van der Waals surface area (Å²) in [6, 6.07) is 7.24. The molecule has 5 nitrogen and oxygen atoms in total. The summed E-state index contributed by atoms with van der Waals surface area (Å²) in [5.41, 5.74) is 1.99. The molecule has 2 aliphatic heterocycles. The van der Waals surface area contributed by atoms with E-state index in [9.17, 15) is 4.79 Å². The fraction of sp³-hybridized carbons (Fsp3) is 0.500. The Kier molecular flexibility index (Phi) is 5.79. The molecule has 2 aromatic rings. The van der Waals surface area contributed by atoms with Crippen molar-refractivity contribution < 1.29 is 18.8 Å². The van der Waals surface area contributed by atoms with Gasteiger partial charge in [-0.1, -0.05) is 23.7 Å². The lowest BCUT2D eigenvalue weighted by atomic mass is 9.78. The molecule has 1 unspecified atom stereocenters. The van der Waals surface area contributed by atoms with Crippen LogP contribution < -0.4 is 5.46 Å². The predicted octanol–water partition coefficient (Wildman–Crippen LogP) is 3.97. The summed E-state index contributed by atoms with van der Waals surface area (Å²) in [5.74, 6) is -0.307. The maximum atomic E-state index is 12.8. The van der Waals surface area contributed by atoms with Crippen molar-refractivity contribution in [2.75, 3.05) is 13.7 Å². The first-order valence-corrected chi connectivity index (χ1v) is 11.4. The number of thiophene rings is 1. The fourth-order valence-electron chi connectivity index (χ4n) is 3.97. The Balaban J connectivity index is 1.62. The first kappa shape index (κ1) is 21.8. The van der Waals surface area contributed by atoms with Gasteiger partial charge in [-0.15, -0.1) is 11.3 Å². The van der Waals surface area contributed by atoms with Crippen molar-refractivity contribution in [2.24, 2.45) is 0 Å². The highest BCUT2D eigenvalue weighted by atomic mass is 35.5. The SMILES string of the molecule is COC(=O)C(c1ccc(B2OC(C)(C)C(C)(C)O2)cc1Cl)N1CCc2sccc2C1. The number of rotatable bonds is 4. The van der Waals surface area contributed by atoms with E-state index in [0.29, 0.717) is 11.6 Å². The average molecular weight is 448 g/mol. The van der Waals surface area contributed by atoms with Gasteiger partial charge in [-0.3, -0.25) is 4.90 Å². The van der Waals surface area contributed by atoms with E-state index in [0.717, 1.165) is 24.0 Å². The number of hydrogen-bond acceptors (Lipinski definition) is 6. The van der Waals surface area contributed by atoms with Crippen LogP contribution in [0.2, 0.25) is 5.02 Å². The van der Waals surface area contributed by atoms with Crippen LogP contribution in [0.5, 0.6) is 0 Å². The normalized spacial score (nSPS) is 21.3. The number of halogens is 1. The molecule has 8 heteroatoms. The van der Waals surface area contributed by atoms with E-state index >= 15 is 0 Å². The summed E-state index contributed by atoms with van der Waals surface area (Å²) in [6.07, 6.45) is 0.921. The first-order chi connectivity index (χ1) is 14.1. The van der Waals surface area contributed by atoms with Crippen molar-refractivity contribution in [1.82, 2.24) is 4.90 Å². The molecule has 1 fully saturated rings. The zero-order valence-electron chi connectivity index (χ0n) is 18.0. The van der Waals surface area contributed by atoms with Crippen molar-refractivity contribution in [2.45, 2.75) is 57.9 Å². The van der Waals surface area contributed by atoms with Gasteiger partial charge in [-0.2, -0.15) is 0 Å². The quantitative estimate of drug-likeness (QED) is 0.524. The van der Waals surface area contributed by atoms with Gasteiger partial charge < -0.3 is 14.0 Å². The third kappa shape index (κ3) is 3.82. The van der Waals surface area contributed by atoms with E-state index in [1.165, 1.54) is 17.6 Å². The number of methoxy groups -OCH3 is 1. The summed E-state index contributed by atoms with van der Waals surface area (Å²) in [6.45, 7) is 9.56. The van der Waals surface area contributed by atoms with Gasteiger partial charge in [0.15, 0.2) is 0 Å². The van der Waals surface area contributed by atoms with Gasteiger partial charge in [-0.05, 0) is 68.2 Å². The smallest absolute Gasteiger partial charge is 0.468 e. The number of carbonyl (C=O) groups excluding carboxylic acids is 1. The average Bonchev–Trinajstić information content (AvgIpc) is 3.24. The number of hydrogen-bond donors (Lipinski definition) is 0. The monoisotopic (exact) mass is 447 g/mol. The molecule has 160 valence electrons. The second kappa shape index (κ2) is 7.95. The Morgan fingerprint density at radius 3 is 2.57 bits per heavy atom. The number of esters is 1. The molecule has 0 saturated carbocycles. The molecule has 30 heavy (non-hydrogen) atoms. The van der Waals surface area contributed by atoms with Crippen molar-refractivity contribution in [3.8, 4) is 0 Å². The molecule has 0 amide bonds. The Hall–Kier alpha value is -1.38. The van der Waals surface area contributed by atoms with Gasteiger partial charge in [-0.25, -0.2) is 4.79 Å². The maximum absolute atomic E-state index is 12.8. The molecular weight excluding hydrogens is 421 g/mol. The number of ether oxygens (including phenoxy) is 1. The minimum absolute atomic E-state index is 0.307. The summed E-state index contributed by atoms with van der Waals surface area (Å²) in [5, 5.41) is 2.61. The summed E-state index contributed by atoms with van der Waals surface area (Å²) in [4.78, 5) is 16.3. The molecule has 1 aromatic carbocycles. The van der Waals surface area contributed by atoms with E-state index in [-0.39, 0.29) is 5.97 Å². The standard InChI is InChI=1S/C22H27BClNO4S/c1-21(2)22(3,4)29-23(28-21)15-6-7-16(17(24)12-15)19(20(26)27-5)25-10-8-18-14(13-25)9-11-30-18/h6-7,9,11-12,19H,8,10,13H2,1-5H3. The molecule has 2 aliphatic rings. The van der Waals surface area contributed by atoms with Crippen molar-refractivity contribution in [3.05, 3.63) is 50.7 Å². The second-order valence-corrected chi connectivity index (χ2v) is 10.3. The van der Waals surface area contributed by atoms with Gasteiger partial charge >= 0.3 is 13.1 Å². The van der Waals surface area contributed by atoms with Crippen molar-refractivity contribution in [1.29, 1.82) is 0 Å². The molecule has 0 bridgehead atoms. The number of carbonyl (C=O) groups is 1. The van der Waals surface area contributed by atoms with Gasteiger partial charge in [0.05, 0.1) is 18.3 Å². The van der Waals surface area contributed by atoms with Gasteiger partial charge in [0, 0.05) is 23.0 Å². The molecular formula is C22H27BClNO4S. The number of fused-ring (bicyclic) bond motifs is 1. The van der Waals surface area contributed by atoms with E-state index in [4.69, 9.17) is 25.6 Å². The Bertz CT molecular complexity index is 944. The van der Waals surface area contributed by atoms with Crippen LogP contribution in [0.25, 0.3) is 0 Å². The largest absolute Gasteiger partial charge is 0.494 e. The zero-order chi connectivity index (χ0) is 21.7. The summed E-state index contributed by atoms with van der Waals surface area (Å²) >= 11 is 8.47. The van der Waals surface area contributed by atoms with Gasteiger partial charge in [0.1, 0.15) is 6.04 Å². The number of nitrogens with zero attached hydrogens (tertiary/aromatic N) is 1. The number of benzene rings is 1. The molecule has 0 radical (unpaired) electrons. The first-order valence-electron chi connectivity index (χ1n) is 10.1. The molecule has 1 atom stereocenters. The molecule has 3 heterocycles. The summed E-state index contributed by atoms with van der Waals surface area (Å²) in [7, 11) is 0.920. The van der Waals surface area contributed by atoms with Crippen LogP contribution in [-0.2, 0) is 31.8 Å². The Morgan fingerprint density at radius 1 is 1.23 bits per heavy atom. The predicted molar refractivity (Wildman–Crippen MR) is 120 cm³/mol. The topological polar surface area (TPSA) is 48.0 Å². The highest BCUT2D eigenvalue weighted by molar-refractivity contribution is 7.10. The van der Waals surface area contributed by atoms with Crippen LogP contribution in [0.1, 0.15) is 49.7 Å². The lowest BCUT2D eigenvalue weighted by Gasteiger charge is -2.33. The minimum Gasteiger partial charge on any atom is -0.468 e. The molecule has 0 aliphatic carbocycles. The minimum atomic E-state index is -0.553. The maximum Gasteiger partial charge on any atom is 0.494 e. The van der Waals surface area contributed by atoms with E-state index in [1.807, 2.05) is 45.9 Å². The highest BCUT2D eigenvalue weighted by Crippen LogP contribution is 2.38. The lowest BCUT2D eigenvalue weighted by molar-refractivity contribution is -0.147. The highest BCUT2D eigenvalue weighted by Gasteiger charge is 2.51. The van der Waals surface area contributed by atoms with Crippen LogP contribution in [0, 0.1) is 0 Å². The molecule has 0 N–H and O–H groups in total. The lowest BCUT2D eigenvalue weighted by Crippen LogP contribution is -2.41.